The van der Waals surface area contributed by atoms with Crippen molar-refractivity contribution < 1.29 is 27.5 Å². The van der Waals surface area contributed by atoms with Crippen LogP contribution in [0.25, 0.3) is 0 Å². The molecule has 8 nitrogen and oxygen atoms in total. The predicted molar refractivity (Wildman–Crippen MR) is 102 cm³/mol. The highest BCUT2D eigenvalue weighted by molar-refractivity contribution is 6.61. The van der Waals surface area contributed by atoms with E-state index in [1.165, 1.54) is 26.9 Å². The molecule has 9 heteroatoms. The van der Waals surface area contributed by atoms with Crippen molar-refractivity contribution >= 4 is 14.9 Å². The van der Waals surface area contributed by atoms with E-state index < -0.39 is 20.6 Å². The maximum atomic E-state index is 12.0. The highest BCUT2D eigenvalue weighted by Gasteiger charge is 2.42. The Morgan fingerprint density at radius 2 is 1.89 bits per heavy atom. The van der Waals surface area contributed by atoms with Crippen molar-refractivity contribution in [2.75, 3.05) is 47.7 Å². The van der Waals surface area contributed by atoms with Crippen LogP contribution in [-0.4, -0.2) is 79.3 Å². The van der Waals surface area contributed by atoms with E-state index in [2.05, 4.69) is 29.3 Å². The molecular weight excluding hydrogens is 368 g/mol. The van der Waals surface area contributed by atoms with Crippen molar-refractivity contribution in [1.29, 1.82) is 0 Å². The lowest BCUT2D eigenvalue weighted by Crippen LogP contribution is -2.53. The molecule has 1 heterocycles. The number of hydrogen-bond donors (Lipinski definition) is 1. The SMILES string of the molecule is CO[Si](CNC(=O)OCC1CN(C)C(C)(Cc2ccccc2)O1)(OC)OC. The number of nitrogens with one attached hydrogen (secondary N) is 1. The van der Waals surface area contributed by atoms with Gasteiger partial charge < -0.3 is 28.1 Å². The number of likely N-dealkylation sites (N-methyl/N-ethyl adjacent to an activating group) is 1. The van der Waals surface area contributed by atoms with Gasteiger partial charge in [-0.15, -0.1) is 0 Å². The molecule has 1 aliphatic rings. The molecule has 0 bridgehead atoms. The number of benzene rings is 1. The van der Waals surface area contributed by atoms with Gasteiger partial charge >= 0.3 is 14.9 Å². The zero-order valence-corrected chi connectivity index (χ0v) is 17.7. The van der Waals surface area contributed by atoms with Gasteiger partial charge in [0.05, 0.1) is 6.17 Å². The van der Waals surface area contributed by atoms with E-state index in [4.69, 9.17) is 22.8 Å². The summed E-state index contributed by atoms with van der Waals surface area (Å²) in [5, 5.41) is 2.63. The molecule has 1 N–H and O–H groups in total. The summed E-state index contributed by atoms with van der Waals surface area (Å²) in [5.41, 5.74) is 0.766. The molecule has 0 aliphatic carbocycles. The van der Waals surface area contributed by atoms with Crippen molar-refractivity contribution in [2.45, 2.75) is 25.2 Å². The number of carbonyl (C=O) groups is 1. The van der Waals surface area contributed by atoms with Crippen LogP contribution in [0, 0.1) is 0 Å². The molecule has 1 aromatic carbocycles. The summed E-state index contributed by atoms with van der Waals surface area (Å²) >= 11 is 0. The fraction of sp³-hybridized carbons (Fsp3) is 0.611. The van der Waals surface area contributed by atoms with Crippen LogP contribution in [0.2, 0.25) is 0 Å². The zero-order valence-electron chi connectivity index (χ0n) is 16.7. The summed E-state index contributed by atoms with van der Waals surface area (Å²) in [7, 11) is 3.61. The lowest BCUT2D eigenvalue weighted by Gasteiger charge is -2.31. The van der Waals surface area contributed by atoms with Gasteiger partial charge in [-0.3, -0.25) is 4.90 Å². The maximum absolute atomic E-state index is 12.0. The first kappa shape index (κ1) is 21.8. The Morgan fingerprint density at radius 3 is 2.48 bits per heavy atom. The van der Waals surface area contributed by atoms with Gasteiger partial charge in [0.1, 0.15) is 18.4 Å². The summed E-state index contributed by atoms with van der Waals surface area (Å²) < 4.78 is 27.2. The van der Waals surface area contributed by atoms with Crippen LogP contribution >= 0.6 is 0 Å². The zero-order chi connectivity index (χ0) is 19.9. The Bertz CT molecular complexity index is 593. The second-order valence-corrected chi connectivity index (χ2v) is 9.65. The topological polar surface area (TPSA) is 78.5 Å². The van der Waals surface area contributed by atoms with Crippen molar-refractivity contribution in [1.82, 2.24) is 10.2 Å². The molecule has 27 heavy (non-hydrogen) atoms. The van der Waals surface area contributed by atoms with Crippen LogP contribution in [0.3, 0.4) is 0 Å². The summed E-state index contributed by atoms with van der Waals surface area (Å²) in [4.78, 5) is 14.1. The number of alkyl carbamates (subject to hydrolysis) is 1. The van der Waals surface area contributed by atoms with Crippen molar-refractivity contribution in [3.8, 4) is 0 Å². The molecule has 1 aromatic rings. The molecule has 152 valence electrons. The van der Waals surface area contributed by atoms with Crippen molar-refractivity contribution in [2.24, 2.45) is 0 Å². The molecule has 0 radical (unpaired) electrons. The molecule has 1 aliphatic heterocycles. The molecule has 0 saturated carbocycles. The average molecular weight is 399 g/mol. The van der Waals surface area contributed by atoms with Gasteiger partial charge in [0.15, 0.2) is 0 Å². The van der Waals surface area contributed by atoms with Gasteiger partial charge in [-0.2, -0.15) is 0 Å². The Labute approximate surface area is 162 Å². The fourth-order valence-corrected chi connectivity index (χ4v) is 4.38. The molecule has 1 saturated heterocycles. The Kier molecular flexibility index (Phi) is 7.77. The number of amides is 1. The minimum Gasteiger partial charge on any atom is -0.447 e. The van der Waals surface area contributed by atoms with E-state index in [1.54, 1.807) is 0 Å². The minimum atomic E-state index is -2.87. The van der Waals surface area contributed by atoms with Gasteiger partial charge in [0.25, 0.3) is 0 Å². The molecule has 1 fully saturated rings. The number of carbonyl (C=O) groups excluding carboxylic acids is 1. The van der Waals surface area contributed by atoms with Crippen molar-refractivity contribution in [3.05, 3.63) is 35.9 Å². The number of ether oxygens (including phenoxy) is 2. The van der Waals surface area contributed by atoms with E-state index in [9.17, 15) is 4.79 Å². The molecule has 2 atom stereocenters. The van der Waals surface area contributed by atoms with Crippen LogP contribution in [-0.2, 0) is 29.2 Å². The lowest BCUT2D eigenvalue weighted by atomic mass is 10.0. The molecule has 1 amide bonds. The van der Waals surface area contributed by atoms with Gasteiger partial charge in [-0.05, 0) is 19.5 Å². The number of hydrogen-bond acceptors (Lipinski definition) is 7. The molecule has 2 unspecified atom stereocenters. The third-order valence-corrected chi connectivity index (χ3v) is 7.34. The van der Waals surface area contributed by atoms with E-state index in [-0.39, 0.29) is 18.9 Å². The monoisotopic (exact) mass is 398 g/mol. The highest BCUT2D eigenvalue weighted by atomic mass is 28.4. The smallest absolute Gasteiger partial charge is 0.447 e. The van der Waals surface area contributed by atoms with Crippen LogP contribution in [0.4, 0.5) is 4.79 Å². The summed E-state index contributed by atoms with van der Waals surface area (Å²) in [6, 6.07) is 10.2. The third-order valence-electron chi connectivity index (χ3n) is 4.86. The fourth-order valence-electron chi connectivity index (χ4n) is 3.09. The Balaban J connectivity index is 1.80. The van der Waals surface area contributed by atoms with Crippen LogP contribution in [0.15, 0.2) is 30.3 Å². The first-order valence-electron chi connectivity index (χ1n) is 8.85. The molecule has 2 rings (SSSR count). The molecule has 0 spiro atoms. The first-order valence-corrected chi connectivity index (χ1v) is 10.8. The van der Waals surface area contributed by atoms with Crippen LogP contribution in [0.5, 0.6) is 0 Å². The Morgan fingerprint density at radius 1 is 1.26 bits per heavy atom. The van der Waals surface area contributed by atoms with E-state index in [0.29, 0.717) is 6.54 Å². The summed E-state index contributed by atoms with van der Waals surface area (Å²) in [6.07, 6.45) is 0.146. The quantitative estimate of drug-likeness (QED) is 0.630. The summed E-state index contributed by atoms with van der Waals surface area (Å²) in [5.74, 6) is 0. The van der Waals surface area contributed by atoms with Gasteiger partial charge in [-0.1, -0.05) is 30.3 Å². The van der Waals surface area contributed by atoms with Crippen LogP contribution in [0.1, 0.15) is 12.5 Å². The summed E-state index contributed by atoms with van der Waals surface area (Å²) in [6.45, 7) is 2.90. The van der Waals surface area contributed by atoms with E-state index in [0.717, 1.165) is 6.42 Å². The minimum absolute atomic E-state index is 0.131. The predicted octanol–water partition coefficient (Wildman–Crippen LogP) is 1.42. The highest BCUT2D eigenvalue weighted by Crippen LogP contribution is 2.29. The van der Waals surface area contributed by atoms with Gasteiger partial charge in [0, 0.05) is 34.3 Å². The maximum Gasteiger partial charge on any atom is 0.520 e. The average Bonchev–Trinajstić information content (AvgIpc) is 2.96. The number of rotatable bonds is 9. The standard InChI is InChI=1S/C18H30N2O6Si/c1-18(11-15-9-7-6-8-10-15)20(2)12-16(26-18)13-25-17(21)19-14-27(22-3,23-4)24-5/h6-10,16H,11-14H2,1-5H3,(H,19,21). The van der Waals surface area contributed by atoms with E-state index in [1.807, 2.05) is 25.2 Å². The second-order valence-electron chi connectivity index (χ2n) is 6.71. The largest absolute Gasteiger partial charge is 0.520 e. The lowest BCUT2D eigenvalue weighted by molar-refractivity contribution is -0.0920. The number of nitrogens with zero attached hydrogens (tertiary/aromatic N) is 1. The third kappa shape index (κ3) is 5.74. The first-order chi connectivity index (χ1) is 12.9. The van der Waals surface area contributed by atoms with Gasteiger partial charge in [0.2, 0.25) is 0 Å². The van der Waals surface area contributed by atoms with Crippen LogP contribution < -0.4 is 5.32 Å². The van der Waals surface area contributed by atoms with Gasteiger partial charge in [-0.25, -0.2) is 4.79 Å². The second kappa shape index (κ2) is 9.63. The Hall–Kier alpha value is -1.49. The van der Waals surface area contributed by atoms with E-state index >= 15 is 0 Å². The molecular formula is C18H30N2O6Si. The van der Waals surface area contributed by atoms with Crippen molar-refractivity contribution in [3.63, 3.8) is 0 Å². The molecule has 0 aromatic heterocycles. The normalized spacial score (nSPS) is 23.4.